The van der Waals surface area contributed by atoms with Gasteiger partial charge >= 0.3 is 5.97 Å². The van der Waals surface area contributed by atoms with Crippen LogP contribution >= 0.6 is 0 Å². The highest BCUT2D eigenvalue weighted by Gasteiger charge is 2.19. The van der Waals surface area contributed by atoms with Gasteiger partial charge in [0.05, 0.1) is 13.7 Å². The van der Waals surface area contributed by atoms with Gasteiger partial charge in [-0.25, -0.2) is 4.79 Å². The molecule has 2 rings (SSSR count). The van der Waals surface area contributed by atoms with Crippen LogP contribution in [0.3, 0.4) is 0 Å². The fourth-order valence-electron chi connectivity index (χ4n) is 2.32. The molecule has 3 heteroatoms. The quantitative estimate of drug-likeness (QED) is 0.607. The van der Waals surface area contributed by atoms with Crippen molar-refractivity contribution in [2.75, 3.05) is 13.7 Å². The molecule has 0 radical (unpaired) electrons. The minimum absolute atomic E-state index is 0.310. The zero-order valence-electron chi connectivity index (χ0n) is 12.2. The SMILES string of the molecule is CCCCOC(=O)c1c(OC)c(C)cc2ccccc12. The molecule has 0 bridgehead atoms. The van der Waals surface area contributed by atoms with Gasteiger partial charge in [-0.2, -0.15) is 0 Å². The molecule has 0 unspecified atom stereocenters. The topological polar surface area (TPSA) is 35.5 Å². The van der Waals surface area contributed by atoms with E-state index in [4.69, 9.17) is 9.47 Å². The number of hydrogen-bond acceptors (Lipinski definition) is 3. The lowest BCUT2D eigenvalue weighted by atomic mass is 10.00. The van der Waals surface area contributed by atoms with Crippen molar-refractivity contribution < 1.29 is 14.3 Å². The summed E-state index contributed by atoms with van der Waals surface area (Å²) < 4.78 is 10.8. The average Bonchev–Trinajstić information content (AvgIpc) is 2.45. The molecule has 0 aliphatic heterocycles. The van der Waals surface area contributed by atoms with Gasteiger partial charge in [0.1, 0.15) is 11.3 Å². The average molecular weight is 272 g/mol. The molecule has 0 amide bonds. The Labute approximate surface area is 119 Å². The van der Waals surface area contributed by atoms with E-state index in [1.165, 1.54) is 0 Å². The lowest BCUT2D eigenvalue weighted by Crippen LogP contribution is -2.09. The zero-order valence-corrected chi connectivity index (χ0v) is 12.2. The highest BCUT2D eigenvalue weighted by molar-refractivity contribution is 6.07. The molecule has 0 aromatic heterocycles. The van der Waals surface area contributed by atoms with Gasteiger partial charge in [0.2, 0.25) is 0 Å². The highest BCUT2D eigenvalue weighted by atomic mass is 16.5. The molecule has 106 valence electrons. The van der Waals surface area contributed by atoms with E-state index in [1.807, 2.05) is 37.3 Å². The van der Waals surface area contributed by atoms with Crippen molar-refractivity contribution in [1.82, 2.24) is 0 Å². The first-order chi connectivity index (χ1) is 9.69. The van der Waals surface area contributed by atoms with Gasteiger partial charge in [-0.05, 0) is 35.7 Å². The zero-order chi connectivity index (χ0) is 14.5. The van der Waals surface area contributed by atoms with Crippen LogP contribution < -0.4 is 4.74 Å². The monoisotopic (exact) mass is 272 g/mol. The van der Waals surface area contributed by atoms with Crippen LogP contribution in [0.4, 0.5) is 0 Å². The van der Waals surface area contributed by atoms with Gasteiger partial charge in [-0.1, -0.05) is 37.6 Å². The third-order valence-corrected chi connectivity index (χ3v) is 3.33. The predicted molar refractivity (Wildman–Crippen MR) is 80.4 cm³/mol. The highest BCUT2D eigenvalue weighted by Crippen LogP contribution is 2.32. The molecular weight excluding hydrogens is 252 g/mol. The standard InChI is InChI=1S/C17H20O3/c1-4-5-10-20-17(18)15-14-9-7-6-8-13(14)11-12(2)16(15)19-3/h6-9,11H,4-5,10H2,1-3H3. The third-order valence-electron chi connectivity index (χ3n) is 3.33. The summed E-state index contributed by atoms with van der Waals surface area (Å²) in [5.74, 6) is 0.292. The molecule has 0 saturated carbocycles. The van der Waals surface area contributed by atoms with Gasteiger partial charge in [0.15, 0.2) is 0 Å². The molecule has 2 aromatic carbocycles. The number of carbonyl (C=O) groups excluding carboxylic acids is 1. The Kier molecular flexibility index (Phi) is 4.61. The summed E-state index contributed by atoms with van der Waals surface area (Å²) in [6.45, 7) is 4.45. The Morgan fingerprint density at radius 1 is 1.25 bits per heavy atom. The smallest absolute Gasteiger partial charge is 0.342 e. The Morgan fingerprint density at radius 2 is 2.00 bits per heavy atom. The van der Waals surface area contributed by atoms with Gasteiger partial charge in [0.25, 0.3) is 0 Å². The van der Waals surface area contributed by atoms with E-state index in [0.717, 1.165) is 29.2 Å². The van der Waals surface area contributed by atoms with Crippen LogP contribution in [0.2, 0.25) is 0 Å². The Hall–Kier alpha value is -2.03. The summed E-state index contributed by atoms with van der Waals surface area (Å²) >= 11 is 0. The second-order valence-electron chi connectivity index (χ2n) is 4.81. The van der Waals surface area contributed by atoms with E-state index in [9.17, 15) is 4.79 Å². The van der Waals surface area contributed by atoms with Crippen LogP contribution in [0.15, 0.2) is 30.3 Å². The number of benzene rings is 2. The molecule has 0 atom stereocenters. The summed E-state index contributed by atoms with van der Waals surface area (Å²) in [6, 6.07) is 9.82. The number of aryl methyl sites for hydroxylation is 1. The molecule has 0 aliphatic carbocycles. The number of rotatable bonds is 5. The molecule has 20 heavy (non-hydrogen) atoms. The maximum atomic E-state index is 12.4. The number of hydrogen-bond donors (Lipinski definition) is 0. The molecule has 0 spiro atoms. The van der Waals surface area contributed by atoms with Gasteiger partial charge in [-0.15, -0.1) is 0 Å². The van der Waals surface area contributed by atoms with Crippen LogP contribution in [0.25, 0.3) is 10.8 Å². The minimum atomic E-state index is -0.310. The fourth-order valence-corrected chi connectivity index (χ4v) is 2.32. The number of fused-ring (bicyclic) bond motifs is 1. The fraction of sp³-hybridized carbons (Fsp3) is 0.353. The number of ether oxygens (including phenoxy) is 2. The van der Waals surface area contributed by atoms with Crippen LogP contribution in [-0.4, -0.2) is 19.7 Å². The molecular formula is C17H20O3. The predicted octanol–water partition coefficient (Wildman–Crippen LogP) is 4.11. The van der Waals surface area contributed by atoms with E-state index >= 15 is 0 Å². The summed E-state index contributed by atoms with van der Waals surface area (Å²) in [4.78, 5) is 12.4. The first-order valence-electron chi connectivity index (χ1n) is 6.92. The summed E-state index contributed by atoms with van der Waals surface area (Å²) in [5.41, 5.74) is 1.47. The molecule has 2 aromatic rings. The van der Waals surface area contributed by atoms with Crippen LogP contribution in [0, 0.1) is 6.92 Å². The van der Waals surface area contributed by atoms with E-state index in [-0.39, 0.29) is 5.97 Å². The Balaban J connectivity index is 2.50. The largest absolute Gasteiger partial charge is 0.496 e. The van der Waals surface area contributed by atoms with Crippen LogP contribution in [-0.2, 0) is 4.74 Å². The number of carbonyl (C=O) groups is 1. The second-order valence-corrected chi connectivity index (χ2v) is 4.81. The van der Waals surface area contributed by atoms with Crippen molar-refractivity contribution in [3.8, 4) is 5.75 Å². The van der Waals surface area contributed by atoms with Crippen molar-refractivity contribution in [2.45, 2.75) is 26.7 Å². The first kappa shape index (κ1) is 14.4. The van der Waals surface area contributed by atoms with Crippen molar-refractivity contribution >= 4 is 16.7 Å². The van der Waals surface area contributed by atoms with Gasteiger partial charge in [0, 0.05) is 0 Å². The molecule has 0 aliphatic rings. The Bertz CT molecular complexity index is 617. The van der Waals surface area contributed by atoms with Crippen molar-refractivity contribution in [1.29, 1.82) is 0 Å². The summed E-state index contributed by atoms with van der Waals surface area (Å²) in [7, 11) is 1.58. The van der Waals surface area contributed by atoms with E-state index < -0.39 is 0 Å². The van der Waals surface area contributed by atoms with E-state index in [0.29, 0.717) is 17.9 Å². The normalized spacial score (nSPS) is 10.6. The molecule has 3 nitrogen and oxygen atoms in total. The van der Waals surface area contributed by atoms with Crippen molar-refractivity contribution in [3.63, 3.8) is 0 Å². The lowest BCUT2D eigenvalue weighted by molar-refractivity contribution is 0.0498. The number of methoxy groups -OCH3 is 1. The maximum Gasteiger partial charge on any atom is 0.342 e. The Morgan fingerprint density at radius 3 is 2.70 bits per heavy atom. The summed E-state index contributed by atoms with van der Waals surface area (Å²) in [5, 5.41) is 1.89. The molecule has 0 heterocycles. The van der Waals surface area contributed by atoms with E-state index in [1.54, 1.807) is 7.11 Å². The van der Waals surface area contributed by atoms with Crippen LogP contribution in [0.5, 0.6) is 5.75 Å². The van der Waals surface area contributed by atoms with E-state index in [2.05, 4.69) is 6.92 Å². The lowest BCUT2D eigenvalue weighted by Gasteiger charge is -2.14. The van der Waals surface area contributed by atoms with Crippen LogP contribution in [0.1, 0.15) is 35.7 Å². The van der Waals surface area contributed by atoms with Crippen molar-refractivity contribution in [3.05, 3.63) is 41.5 Å². The molecule has 0 saturated heterocycles. The summed E-state index contributed by atoms with van der Waals surface area (Å²) in [6.07, 6.45) is 1.87. The second kappa shape index (κ2) is 6.42. The van der Waals surface area contributed by atoms with Gasteiger partial charge < -0.3 is 9.47 Å². The molecule has 0 fully saturated rings. The number of esters is 1. The number of unbranched alkanes of at least 4 members (excludes halogenated alkanes) is 1. The maximum absolute atomic E-state index is 12.4. The van der Waals surface area contributed by atoms with Gasteiger partial charge in [-0.3, -0.25) is 0 Å². The first-order valence-corrected chi connectivity index (χ1v) is 6.92. The molecule has 0 N–H and O–H groups in total. The minimum Gasteiger partial charge on any atom is -0.496 e. The van der Waals surface area contributed by atoms with Crippen molar-refractivity contribution in [2.24, 2.45) is 0 Å². The third kappa shape index (κ3) is 2.77.